The largest absolute Gasteiger partial charge is 0.444 e. The molecule has 0 aromatic rings. The van der Waals surface area contributed by atoms with Crippen molar-refractivity contribution in [3.05, 3.63) is 36.5 Å². The molecule has 17 atom stereocenters. The van der Waals surface area contributed by atoms with Crippen molar-refractivity contribution >= 4 is 42.6 Å². The molecule has 18 heteroatoms. The topological polar surface area (TPSA) is 176 Å². The summed E-state index contributed by atoms with van der Waals surface area (Å²) in [4.78, 5) is 42.5. The maximum absolute atomic E-state index is 15.9. The minimum Gasteiger partial charge on any atom is -0.444 e. The summed E-state index contributed by atoms with van der Waals surface area (Å²) in [5.41, 5.74) is 1.26. The number of alkyl carbamates (subject to hydrolysis) is 1. The first-order valence-corrected chi connectivity index (χ1v) is 39.0. The lowest BCUT2D eigenvalue weighted by molar-refractivity contribution is -0.264. The van der Waals surface area contributed by atoms with Gasteiger partial charge < -0.3 is 56.9 Å². The Morgan fingerprint density at radius 1 is 0.700 bits per heavy atom. The number of Topliss-reactive ketones (excluding diaryl/α,β-unsaturated/α-hetero) is 2. The van der Waals surface area contributed by atoms with Crippen molar-refractivity contribution in [2.75, 3.05) is 13.7 Å². The number of amides is 1. The van der Waals surface area contributed by atoms with E-state index in [4.69, 9.17) is 46.4 Å². The quantitative estimate of drug-likeness (QED) is 0.148. The zero-order valence-corrected chi connectivity index (χ0v) is 56.1. The van der Waals surface area contributed by atoms with Crippen LogP contribution in [-0.4, -0.2) is 159 Å². The van der Waals surface area contributed by atoms with Crippen LogP contribution in [0.3, 0.4) is 0 Å². The predicted molar refractivity (Wildman–Crippen MR) is 321 cm³/mol. The molecule has 80 heavy (non-hydrogen) atoms. The van der Waals surface area contributed by atoms with Gasteiger partial charge in [0.1, 0.15) is 41.9 Å². The van der Waals surface area contributed by atoms with Crippen molar-refractivity contribution in [2.24, 2.45) is 11.8 Å². The van der Waals surface area contributed by atoms with E-state index in [0.717, 1.165) is 30.4 Å². The Balaban J connectivity index is 1.47. The highest BCUT2D eigenvalue weighted by molar-refractivity contribution is 6.75. The SMILES string of the molecule is C=C1C[C@@H]2CCC(=O)C/C=C/C(O[Si](C)(C)C(C)(C)C)[C@@H]3OC4CCC(O[C@@H]4[C@H](O[Si](C)(C)C(C)(C)C)C3O[Si](C)(C)C(C)(C)C)C(=O)[C@@H]3[C@H](CC4O[C@@H](CCC1O2)C[C@@H](C)C4=C)OC(C[C@H](O)CNC(=O)OC(C)(C)C)[C@@H]3OC. The number of ketones is 2. The lowest BCUT2D eigenvalue weighted by Gasteiger charge is -2.56. The van der Waals surface area contributed by atoms with Crippen LogP contribution in [0.25, 0.3) is 0 Å². The number of carbonyl (C=O) groups is 3. The summed E-state index contributed by atoms with van der Waals surface area (Å²) < 4.78 is 70.1. The fourth-order valence-corrected chi connectivity index (χ4v) is 15.4. The monoisotopic (exact) mass is 1180 g/mol. The Morgan fingerprint density at radius 2 is 1.27 bits per heavy atom. The van der Waals surface area contributed by atoms with Gasteiger partial charge >= 0.3 is 6.09 Å². The molecule has 15 nitrogen and oxygen atoms in total. The molecule has 8 rings (SSSR count). The van der Waals surface area contributed by atoms with Crippen LogP contribution in [0, 0.1) is 11.8 Å². The van der Waals surface area contributed by atoms with Gasteiger partial charge in [0.05, 0.1) is 67.0 Å². The highest BCUT2D eigenvalue weighted by atomic mass is 28.4. The number of hydrogen-bond donors (Lipinski definition) is 2. The van der Waals surface area contributed by atoms with Crippen molar-refractivity contribution in [1.82, 2.24) is 5.32 Å². The molecule has 0 spiro atoms. The lowest BCUT2D eigenvalue weighted by atomic mass is 9.80. The molecule has 7 unspecified atom stereocenters. The Bertz CT molecular complexity index is 2190. The predicted octanol–water partition coefficient (Wildman–Crippen LogP) is 12.3. The van der Waals surface area contributed by atoms with E-state index in [2.05, 4.69) is 133 Å². The van der Waals surface area contributed by atoms with E-state index in [1.165, 1.54) is 0 Å². The fourth-order valence-electron chi connectivity index (χ4n) is 11.5. The third-order valence-electron chi connectivity index (χ3n) is 19.4. The van der Waals surface area contributed by atoms with E-state index < -0.39 is 116 Å². The Kier molecular flexibility index (Phi) is 21.8. The average Bonchev–Trinajstić information content (AvgIpc) is 3.86. The van der Waals surface area contributed by atoms with Crippen LogP contribution in [0.15, 0.2) is 36.5 Å². The molecule has 1 amide bonds. The van der Waals surface area contributed by atoms with Crippen LogP contribution in [-0.2, 0) is 56.0 Å². The lowest BCUT2D eigenvalue weighted by Crippen LogP contribution is -2.69. The van der Waals surface area contributed by atoms with Crippen LogP contribution in [0.1, 0.15) is 161 Å². The van der Waals surface area contributed by atoms with Crippen LogP contribution in [0.5, 0.6) is 0 Å². The molecular formula is C62H109NO14Si3. The molecule has 0 radical (unpaired) electrons. The summed E-state index contributed by atoms with van der Waals surface area (Å²) in [6.07, 6.45) is 0.0655. The van der Waals surface area contributed by atoms with Crippen LogP contribution < -0.4 is 5.32 Å². The molecule has 8 aliphatic heterocycles. The van der Waals surface area contributed by atoms with Crippen molar-refractivity contribution in [3.8, 4) is 0 Å². The summed E-state index contributed by atoms with van der Waals surface area (Å²) in [5.74, 6) is -0.721. The summed E-state index contributed by atoms with van der Waals surface area (Å²) in [6, 6.07) is 0. The Morgan fingerprint density at radius 3 is 1.86 bits per heavy atom. The van der Waals surface area contributed by atoms with Gasteiger partial charge in [-0.25, -0.2) is 4.79 Å². The Hall–Kier alpha value is -1.92. The van der Waals surface area contributed by atoms with Crippen LogP contribution >= 0.6 is 0 Å². The Labute approximate surface area is 485 Å². The van der Waals surface area contributed by atoms with Crippen molar-refractivity contribution in [1.29, 1.82) is 0 Å². The van der Waals surface area contributed by atoms with Crippen molar-refractivity contribution in [2.45, 2.75) is 312 Å². The zero-order valence-electron chi connectivity index (χ0n) is 53.1. The van der Waals surface area contributed by atoms with E-state index in [9.17, 15) is 14.7 Å². The molecule has 2 N–H and O–H groups in total. The van der Waals surface area contributed by atoms with Gasteiger partial charge in [0, 0.05) is 39.3 Å². The van der Waals surface area contributed by atoms with Crippen molar-refractivity contribution < 1.29 is 65.9 Å². The molecule has 0 saturated carbocycles. The van der Waals surface area contributed by atoms with Gasteiger partial charge in [0.25, 0.3) is 0 Å². The molecule has 458 valence electrons. The third kappa shape index (κ3) is 16.5. The van der Waals surface area contributed by atoms with Gasteiger partial charge in [-0.15, -0.1) is 0 Å². The number of ether oxygens (including phenoxy) is 7. The molecule has 0 aromatic carbocycles. The second kappa shape index (κ2) is 26.0. The van der Waals surface area contributed by atoms with Crippen LogP contribution in [0.2, 0.25) is 54.4 Å². The van der Waals surface area contributed by atoms with Gasteiger partial charge in [-0.1, -0.05) is 94.5 Å². The van der Waals surface area contributed by atoms with Gasteiger partial charge in [-0.05, 0) is 137 Å². The maximum Gasteiger partial charge on any atom is 0.407 e. The molecule has 5 saturated heterocycles. The van der Waals surface area contributed by atoms with E-state index in [1.54, 1.807) is 27.9 Å². The standard InChI is InChI=1S/C62H109NO14Si3/c1-37-32-43-28-29-44-38(2)33-42(69-44)27-26-40(64)24-23-25-47(75-78(17,18)60(7,8)9)55-57(77-80(21,22)62(13,14)15)56(76-79(19,20)61(10,11)12)54-46(73-55)31-30-45(72-54)52(66)51-49(35-48(70-43)39(37)3)71-50(53(51)68-16)34-41(65)36-63-58(67)74-59(4,5)6/h23,25,37,41-51,53-57,65H,2-3,24,26-36H2,1,4-22H3,(H,63,67)/b25-23+/t37-,41+,42+,43+,44?,45?,46?,47?,48?,49+,50?,51+,53+,54+,55+,56+,57?/m1/s1. The van der Waals surface area contributed by atoms with Crippen molar-refractivity contribution in [3.63, 3.8) is 0 Å². The summed E-state index contributed by atoms with van der Waals surface area (Å²) >= 11 is 0. The second-order valence-electron chi connectivity index (χ2n) is 30.0. The normalized spacial score (nSPS) is 35.8. The zero-order chi connectivity index (χ0) is 59.9. The number of methoxy groups -OCH3 is 1. The number of rotatable bonds is 11. The molecule has 5 fully saturated rings. The fraction of sp³-hybridized carbons (Fsp3) is 0.855. The summed E-state index contributed by atoms with van der Waals surface area (Å²) in [5, 5.41) is 13.6. The van der Waals surface area contributed by atoms with Gasteiger partial charge in [0.2, 0.25) is 0 Å². The smallest absolute Gasteiger partial charge is 0.407 e. The number of aliphatic hydroxyl groups excluding tert-OH is 1. The molecule has 0 aromatic heterocycles. The number of nitrogens with one attached hydrogen (secondary N) is 1. The number of hydrogen-bond acceptors (Lipinski definition) is 14. The highest BCUT2D eigenvalue weighted by Crippen LogP contribution is 2.49. The second-order valence-corrected chi connectivity index (χ2v) is 44.3. The van der Waals surface area contributed by atoms with E-state index in [0.29, 0.717) is 38.5 Å². The minimum absolute atomic E-state index is 0.0768. The number of aliphatic hydroxyl groups is 1. The van der Waals surface area contributed by atoms with Gasteiger partial charge in [-0.3, -0.25) is 9.59 Å². The first-order chi connectivity index (χ1) is 36.7. The molecule has 8 bridgehead atoms. The number of fused-ring (bicyclic) bond motifs is 2. The first-order valence-electron chi connectivity index (χ1n) is 30.3. The molecule has 8 aliphatic rings. The number of allylic oxidation sites excluding steroid dienone is 1. The van der Waals surface area contributed by atoms with E-state index >= 15 is 4.79 Å². The highest BCUT2D eigenvalue weighted by Gasteiger charge is 2.60. The first kappa shape index (κ1) is 67.2. The minimum atomic E-state index is -2.65. The summed E-state index contributed by atoms with van der Waals surface area (Å²) in [6.45, 7) is 50.0. The van der Waals surface area contributed by atoms with Gasteiger partial charge in [0.15, 0.2) is 30.7 Å². The molecule has 8 heterocycles. The number of carbonyl (C=O) groups excluding carboxylic acids is 3. The van der Waals surface area contributed by atoms with E-state index in [-0.39, 0.29) is 70.3 Å². The molecule has 0 aliphatic carbocycles. The average molecular weight is 1180 g/mol. The third-order valence-corrected chi connectivity index (χ3v) is 32.9. The molecular weight excluding hydrogens is 1070 g/mol. The van der Waals surface area contributed by atoms with Gasteiger partial charge in [-0.2, -0.15) is 0 Å². The van der Waals surface area contributed by atoms with Crippen LogP contribution in [0.4, 0.5) is 4.79 Å². The maximum atomic E-state index is 15.9. The van der Waals surface area contributed by atoms with E-state index in [1.807, 2.05) is 6.08 Å². The summed E-state index contributed by atoms with van der Waals surface area (Å²) in [7, 11) is -6.25.